The number of nitrogens with zero attached hydrogens (tertiary/aromatic N) is 1. The molecule has 0 amide bonds. The van der Waals surface area contributed by atoms with Crippen LogP contribution in [0.5, 0.6) is 0 Å². The summed E-state index contributed by atoms with van der Waals surface area (Å²) in [5.41, 5.74) is 0.282. The number of halogens is 2. The van der Waals surface area contributed by atoms with E-state index < -0.39 is 9.24 Å². The quantitative estimate of drug-likeness (QED) is 0.617. The third-order valence-electron chi connectivity index (χ3n) is 0.966. The van der Waals surface area contributed by atoms with Gasteiger partial charge in [0.15, 0.2) is 0 Å². The number of rotatable bonds is 2. The Labute approximate surface area is 79.1 Å². The van der Waals surface area contributed by atoms with Crippen molar-refractivity contribution in [3.63, 3.8) is 0 Å². The Hall–Kier alpha value is -0.520. The molecule has 1 aromatic heterocycles. The van der Waals surface area contributed by atoms with Crippen molar-refractivity contribution in [2.24, 2.45) is 0 Å². The van der Waals surface area contributed by atoms with Crippen LogP contribution >= 0.6 is 22.3 Å². The van der Waals surface area contributed by atoms with Gasteiger partial charge in [0, 0.05) is 16.9 Å². The van der Waals surface area contributed by atoms with Crippen molar-refractivity contribution in [3.05, 3.63) is 23.5 Å². The molecule has 66 valence electrons. The number of hydrogen-bond acceptors (Lipinski definition) is 3. The van der Waals surface area contributed by atoms with Crippen LogP contribution in [0.3, 0.4) is 0 Å². The highest BCUT2D eigenvalue weighted by Crippen LogP contribution is 2.14. The first-order valence-electron chi connectivity index (χ1n) is 2.81. The van der Waals surface area contributed by atoms with Gasteiger partial charge in [0.2, 0.25) is 0 Å². The number of anilines is 1. The zero-order chi connectivity index (χ0) is 9.19. The summed E-state index contributed by atoms with van der Waals surface area (Å²) in [7, 11) is 1.16. The van der Waals surface area contributed by atoms with Crippen LogP contribution in [0.1, 0.15) is 0 Å². The molecule has 0 atom stereocenters. The molecule has 0 saturated carbocycles. The first-order chi connectivity index (χ1) is 5.47. The summed E-state index contributed by atoms with van der Waals surface area (Å²) < 4.78 is 23.0. The molecule has 1 aromatic rings. The summed E-state index contributed by atoms with van der Waals surface area (Å²) in [6.45, 7) is 0. The predicted molar refractivity (Wildman–Crippen MR) is 47.6 cm³/mol. The van der Waals surface area contributed by atoms with E-state index in [-0.39, 0.29) is 10.8 Å². The first kappa shape index (κ1) is 9.57. The molecule has 0 aliphatic carbocycles. The van der Waals surface area contributed by atoms with Crippen LogP contribution in [0.4, 0.5) is 5.69 Å². The molecule has 0 spiro atoms. The van der Waals surface area contributed by atoms with Gasteiger partial charge in [0.25, 0.3) is 0 Å². The Morgan fingerprint density at radius 1 is 1.50 bits per heavy atom. The minimum Gasteiger partial charge on any atom is -0.271 e. The van der Waals surface area contributed by atoms with Gasteiger partial charge in [-0.25, -0.2) is 4.98 Å². The monoisotopic (exact) mass is 226 g/mol. The van der Waals surface area contributed by atoms with Gasteiger partial charge in [-0.05, 0) is 12.1 Å². The molecule has 0 aliphatic rings. The lowest BCUT2D eigenvalue weighted by Crippen LogP contribution is -2.03. The molecule has 0 fully saturated rings. The molecule has 4 nitrogen and oxygen atoms in total. The van der Waals surface area contributed by atoms with Crippen LogP contribution in [-0.4, -0.2) is 13.4 Å². The van der Waals surface area contributed by atoms with E-state index in [1.54, 1.807) is 0 Å². The Balaban J connectivity index is 2.91. The third kappa shape index (κ3) is 3.25. The van der Waals surface area contributed by atoms with Gasteiger partial charge in [0.05, 0.1) is 5.69 Å². The Morgan fingerprint density at radius 3 is 2.67 bits per heavy atom. The van der Waals surface area contributed by atoms with Crippen molar-refractivity contribution in [1.82, 2.24) is 4.98 Å². The average molecular weight is 227 g/mol. The fraction of sp³-hybridized carbons (Fsp3) is 0. The van der Waals surface area contributed by atoms with E-state index >= 15 is 0 Å². The Bertz CT molecular complexity index is 379. The molecule has 0 unspecified atom stereocenters. The molecule has 0 bridgehead atoms. The van der Waals surface area contributed by atoms with Crippen LogP contribution < -0.4 is 4.72 Å². The molecule has 7 heteroatoms. The highest BCUT2D eigenvalue weighted by atomic mass is 35.7. The molecular formula is C5H4Cl2N2O2S. The van der Waals surface area contributed by atoms with Crippen LogP contribution in [0.2, 0.25) is 5.15 Å². The third-order valence-corrected chi connectivity index (χ3v) is 1.88. The molecule has 1 heterocycles. The summed E-state index contributed by atoms with van der Waals surface area (Å²) in [6.07, 6.45) is 1.37. The number of nitrogens with one attached hydrogen (secondary N) is 1. The average Bonchev–Trinajstić information content (AvgIpc) is 1.82. The predicted octanol–water partition coefficient (Wildman–Crippen LogP) is 1.63. The van der Waals surface area contributed by atoms with E-state index in [0.29, 0.717) is 0 Å². The van der Waals surface area contributed by atoms with Gasteiger partial charge >= 0.3 is 9.24 Å². The van der Waals surface area contributed by atoms with E-state index in [1.165, 1.54) is 18.3 Å². The second-order valence-corrected chi connectivity index (χ2v) is 4.59. The minimum atomic E-state index is -3.76. The van der Waals surface area contributed by atoms with Crippen LogP contribution in [0, 0.1) is 0 Å². The number of pyridine rings is 1. The maximum Gasteiger partial charge on any atom is 0.319 e. The number of aromatic nitrogens is 1. The van der Waals surface area contributed by atoms with Gasteiger partial charge in [0.1, 0.15) is 5.15 Å². The lowest BCUT2D eigenvalue weighted by Gasteiger charge is -2.00. The normalized spacial score (nSPS) is 11.2. The largest absolute Gasteiger partial charge is 0.319 e. The van der Waals surface area contributed by atoms with E-state index in [2.05, 4.69) is 4.98 Å². The minimum absolute atomic E-state index is 0.195. The van der Waals surface area contributed by atoms with E-state index in [4.69, 9.17) is 22.3 Å². The van der Waals surface area contributed by atoms with E-state index in [0.717, 1.165) is 0 Å². The van der Waals surface area contributed by atoms with Gasteiger partial charge in [-0.2, -0.15) is 8.42 Å². The first-order valence-corrected chi connectivity index (χ1v) is 5.50. The van der Waals surface area contributed by atoms with Crippen molar-refractivity contribution in [1.29, 1.82) is 0 Å². The van der Waals surface area contributed by atoms with Crippen molar-refractivity contribution < 1.29 is 8.42 Å². The highest BCUT2D eigenvalue weighted by molar-refractivity contribution is 8.14. The fourth-order valence-electron chi connectivity index (χ4n) is 0.607. The smallest absolute Gasteiger partial charge is 0.271 e. The fourth-order valence-corrected chi connectivity index (χ4v) is 1.46. The molecule has 1 N–H and O–H groups in total. The van der Waals surface area contributed by atoms with Crippen molar-refractivity contribution in [3.8, 4) is 0 Å². The van der Waals surface area contributed by atoms with Gasteiger partial charge in [-0.15, -0.1) is 0 Å². The van der Waals surface area contributed by atoms with Gasteiger partial charge < -0.3 is 0 Å². The molecule has 0 aliphatic heterocycles. The summed E-state index contributed by atoms with van der Waals surface area (Å²) in [4.78, 5) is 3.66. The summed E-state index contributed by atoms with van der Waals surface area (Å²) >= 11 is 5.48. The second-order valence-electron chi connectivity index (χ2n) is 1.91. The second kappa shape index (κ2) is 3.47. The van der Waals surface area contributed by atoms with Crippen molar-refractivity contribution >= 4 is 37.2 Å². The van der Waals surface area contributed by atoms with Gasteiger partial charge in [-0.3, -0.25) is 4.72 Å². The van der Waals surface area contributed by atoms with Crippen molar-refractivity contribution in [2.75, 3.05) is 4.72 Å². The van der Waals surface area contributed by atoms with Gasteiger partial charge in [-0.1, -0.05) is 11.6 Å². The maximum atomic E-state index is 10.5. The lowest BCUT2D eigenvalue weighted by molar-refractivity contribution is 0.614. The standard InChI is InChI=1S/C5H4Cl2N2O2S/c6-5-3-4(1-2-8-5)9-12(7,10)11/h1-3H,(H,8,9). The zero-order valence-corrected chi connectivity index (χ0v) is 7.99. The molecule has 1 rings (SSSR count). The van der Waals surface area contributed by atoms with Crippen LogP contribution in [0.15, 0.2) is 18.3 Å². The summed E-state index contributed by atoms with van der Waals surface area (Å²) in [6, 6.07) is 2.79. The zero-order valence-electron chi connectivity index (χ0n) is 5.66. The molecule has 0 radical (unpaired) electrons. The Kier molecular flexibility index (Phi) is 2.76. The molecule has 0 saturated heterocycles. The summed E-state index contributed by atoms with van der Waals surface area (Å²) in [5, 5.41) is 0.195. The molecular weight excluding hydrogens is 223 g/mol. The molecule has 12 heavy (non-hydrogen) atoms. The summed E-state index contributed by atoms with van der Waals surface area (Å²) in [5.74, 6) is 0. The topological polar surface area (TPSA) is 59.1 Å². The maximum absolute atomic E-state index is 10.5. The Morgan fingerprint density at radius 2 is 2.17 bits per heavy atom. The van der Waals surface area contributed by atoms with E-state index in [1.807, 2.05) is 4.72 Å². The molecule has 0 aromatic carbocycles. The SMILES string of the molecule is O=S(=O)(Cl)Nc1ccnc(Cl)c1. The van der Waals surface area contributed by atoms with Crippen molar-refractivity contribution in [2.45, 2.75) is 0 Å². The highest BCUT2D eigenvalue weighted by Gasteiger charge is 2.03. The lowest BCUT2D eigenvalue weighted by atomic mass is 10.4. The van der Waals surface area contributed by atoms with Crippen LogP contribution in [-0.2, 0) is 9.24 Å². The van der Waals surface area contributed by atoms with E-state index in [9.17, 15) is 8.42 Å². The number of hydrogen-bond donors (Lipinski definition) is 1. The van der Waals surface area contributed by atoms with Crippen LogP contribution in [0.25, 0.3) is 0 Å².